The van der Waals surface area contributed by atoms with Gasteiger partial charge in [0.05, 0.1) is 18.8 Å². The van der Waals surface area contributed by atoms with E-state index in [1.54, 1.807) is 6.92 Å². The number of hydrogen-bond donors (Lipinski definition) is 1. The maximum absolute atomic E-state index is 9.67. The van der Waals surface area contributed by atoms with Gasteiger partial charge in [-0.2, -0.15) is 0 Å². The van der Waals surface area contributed by atoms with Gasteiger partial charge in [-0.25, -0.2) is 0 Å². The van der Waals surface area contributed by atoms with E-state index in [-0.39, 0.29) is 6.10 Å². The van der Waals surface area contributed by atoms with Gasteiger partial charge in [-0.05, 0) is 14.0 Å². The zero-order valence-corrected chi connectivity index (χ0v) is 8.29. The molecule has 0 spiro atoms. The second-order valence-electron chi connectivity index (χ2n) is 3.37. The summed E-state index contributed by atoms with van der Waals surface area (Å²) in [7, 11) is 2.04. The second kappa shape index (κ2) is 5.23. The summed E-state index contributed by atoms with van der Waals surface area (Å²) >= 11 is 0. The zero-order valence-electron chi connectivity index (χ0n) is 8.29. The van der Waals surface area contributed by atoms with Crippen LogP contribution in [0.3, 0.4) is 0 Å². The maximum atomic E-state index is 9.67. The van der Waals surface area contributed by atoms with E-state index in [0.29, 0.717) is 13.0 Å². The summed E-state index contributed by atoms with van der Waals surface area (Å²) in [6.45, 7) is 4.23. The molecular formula is C10H17NO2. The molecule has 0 radical (unpaired) electrons. The van der Waals surface area contributed by atoms with Crippen LogP contribution in [0.5, 0.6) is 0 Å². The van der Waals surface area contributed by atoms with Crippen molar-refractivity contribution in [2.45, 2.75) is 25.6 Å². The lowest BCUT2D eigenvalue weighted by molar-refractivity contribution is -0.0809. The molecule has 13 heavy (non-hydrogen) atoms. The summed E-state index contributed by atoms with van der Waals surface area (Å²) in [6.07, 6.45) is -0.00977. The molecule has 0 bridgehead atoms. The third-order valence-electron chi connectivity index (χ3n) is 2.21. The van der Waals surface area contributed by atoms with Crippen LogP contribution in [-0.2, 0) is 4.74 Å². The molecule has 1 rings (SSSR count). The predicted octanol–water partition coefficient (Wildman–Crippen LogP) is 0.0913. The fourth-order valence-corrected chi connectivity index (χ4v) is 1.38. The Morgan fingerprint density at radius 3 is 3.08 bits per heavy atom. The third-order valence-corrected chi connectivity index (χ3v) is 2.21. The van der Waals surface area contributed by atoms with Gasteiger partial charge in [0, 0.05) is 19.5 Å². The number of nitrogens with zero attached hydrogens (tertiary/aromatic N) is 1. The summed E-state index contributed by atoms with van der Waals surface area (Å²) in [5.74, 6) is 5.63. The Morgan fingerprint density at radius 1 is 1.69 bits per heavy atom. The van der Waals surface area contributed by atoms with Gasteiger partial charge in [0.1, 0.15) is 0 Å². The van der Waals surface area contributed by atoms with Crippen molar-refractivity contribution < 1.29 is 9.84 Å². The van der Waals surface area contributed by atoms with Crippen LogP contribution >= 0.6 is 0 Å². The van der Waals surface area contributed by atoms with Gasteiger partial charge in [-0.15, -0.1) is 11.8 Å². The maximum Gasteiger partial charge on any atom is 0.0970 e. The minimum Gasteiger partial charge on any atom is -0.389 e. The van der Waals surface area contributed by atoms with Crippen LogP contribution in [0.4, 0.5) is 0 Å². The molecule has 0 aromatic carbocycles. The Hall–Kier alpha value is -0.560. The van der Waals surface area contributed by atoms with E-state index in [0.717, 1.165) is 13.1 Å². The smallest absolute Gasteiger partial charge is 0.0970 e. The number of rotatable bonds is 2. The first-order valence-corrected chi connectivity index (χ1v) is 4.62. The van der Waals surface area contributed by atoms with E-state index in [9.17, 15) is 5.11 Å². The second-order valence-corrected chi connectivity index (χ2v) is 3.37. The van der Waals surface area contributed by atoms with Crippen molar-refractivity contribution in [2.24, 2.45) is 0 Å². The molecule has 0 amide bonds. The van der Waals surface area contributed by atoms with Crippen LogP contribution in [-0.4, -0.2) is 49.0 Å². The summed E-state index contributed by atoms with van der Waals surface area (Å²) in [4.78, 5) is 2.16. The lowest BCUT2D eigenvalue weighted by atomic mass is 10.1. The van der Waals surface area contributed by atoms with E-state index in [1.165, 1.54) is 0 Å². The Morgan fingerprint density at radius 2 is 2.46 bits per heavy atom. The van der Waals surface area contributed by atoms with Crippen LogP contribution in [0.15, 0.2) is 0 Å². The molecule has 0 aromatic rings. The number of hydrogen-bond acceptors (Lipinski definition) is 3. The van der Waals surface area contributed by atoms with E-state index >= 15 is 0 Å². The van der Waals surface area contributed by atoms with Crippen molar-refractivity contribution in [1.82, 2.24) is 4.90 Å². The van der Waals surface area contributed by atoms with Gasteiger partial charge in [-0.1, -0.05) is 0 Å². The average molecular weight is 183 g/mol. The minimum atomic E-state index is -0.449. The summed E-state index contributed by atoms with van der Waals surface area (Å²) < 4.78 is 5.45. The Labute approximate surface area is 79.7 Å². The molecule has 1 aliphatic rings. The molecule has 1 N–H and O–H groups in total. The van der Waals surface area contributed by atoms with Gasteiger partial charge in [0.15, 0.2) is 0 Å². The monoisotopic (exact) mass is 183 g/mol. The van der Waals surface area contributed by atoms with Gasteiger partial charge in [0.2, 0.25) is 0 Å². The average Bonchev–Trinajstić information content (AvgIpc) is 2.14. The fraction of sp³-hybridized carbons (Fsp3) is 0.800. The van der Waals surface area contributed by atoms with Crippen LogP contribution in [0.2, 0.25) is 0 Å². The van der Waals surface area contributed by atoms with Crippen LogP contribution < -0.4 is 0 Å². The first-order chi connectivity index (χ1) is 6.24. The fourth-order valence-electron chi connectivity index (χ4n) is 1.38. The highest BCUT2D eigenvalue weighted by Crippen LogP contribution is 2.09. The molecule has 0 aliphatic carbocycles. The van der Waals surface area contributed by atoms with Crippen molar-refractivity contribution in [3.8, 4) is 11.8 Å². The number of aliphatic hydroxyl groups is 1. The summed E-state index contributed by atoms with van der Waals surface area (Å²) in [5, 5.41) is 9.67. The first-order valence-electron chi connectivity index (χ1n) is 4.62. The van der Waals surface area contributed by atoms with Crippen molar-refractivity contribution in [3.63, 3.8) is 0 Å². The normalized spacial score (nSPS) is 26.2. The lowest BCUT2D eigenvalue weighted by Gasteiger charge is -2.32. The van der Waals surface area contributed by atoms with Gasteiger partial charge in [0.25, 0.3) is 0 Å². The molecule has 1 fully saturated rings. The zero-order chi connectivity index (χ0) is 9.68. The van der Waals surface area contributed by atoms with E-state index in [1.807, 2.05) is 7.05 Å². The molecule has 3 nitrogen and oxygen atoms in total. The largest absolute Gasteiger partial charge is 0.389 e. The van der Waals surface area contributed by atoms with E-state index in [4.69, 9.17) is 4.74 Å². The van der Waals surface area contributed by atoms with Gasteiger partial charge in [-0.3, -0.25) is 0 Å². The molecule has 0 saturated carbocycles. The van der Waals surface area contributed by atoms with Crippen LogP contribution in [0.25, 0.3) is 0 Å². The van der Waals surface area contributed by atoms with Gasteiger partial charge >= 0.3 is 0 Å². The summed E-state index contributed by atoms with van der Waals surface area (Å²) in [6, 6.07) is 0. The van der Waals surface area contributed by atoms with E-state index in [2.05, 4.69) is 16.7 Å². The third kappa shape index (κ3) is 3.35. The quantitative estimate of drug-likeness (QED) is 0.616. The molecule has 2 unspecified atom stereocenters. The predicted molar refractivity (Wildman–Crippen MR) is 51.3 cm³/mol. The highest BCUT2D eigenvalue weighted by atomic mass is 16.5. The molecule has 1 aliphatic heterocycles. The SMILES string of the molecule is CC#CCC(O)C1CN(C)CCO1. The summed E-state index contributed by atoms with van der Waals surface area (Å²) in [5.41, 5.74) is 0. The Bertz CT molecular complexity index is 207. The molecule has 1 saturated heterocycles. The molecule has 74 valence electrons. The van der Waals surface area contributed by atoms with Crippen molar-refractivity contribution in [2.75, 3.05) is 26.7 Å². The Balaban J connectivity index is 2.35. The van der Waals surface area contributed by atoms with Crippen LogP contribution in [0.1, 0.15) is 13.3 Å². The number of ether oxygens (including phenoxy) is 1. The standard InChI is InChI=1S/C10H17NO2/c1-3-4-5-9(12)10-8-11(2)6-7-13-10/h9-10,12H,5-8H2,1-2H3. The molecule has 3 heteroatoms. The number of morpholine rings is 1. The molecule has 1 heterocycles. The highest BCUT2D eigenvalue weighted by Gasteiger charge is 2.24. The molecular weight excluding hydrogens is 166 g/mol. The topological polar surface area (TPSA) is 32.7 Å². The van der Waals surface area contributed by atoms with Crippen LogP contribution in [0, 0.1) is 11.8 Å². The Kier molecular flexibility index (Phi) is 4.23. The first kappa shape index (κ1) is 10.5. The highest BCUT2D eigenvalue weighted by molar-refractivity contribution is 4.98. The minimum absolute atomic E-state index is 0.0698. The van der Waals surface area contributed by atoms with Crippen molar-refractivity contribution in [3.05, 3.63) is 0 Å². The lowest BCUT2D eigenvalue weighted by Crippen LogP contribution is -2.45. The van der Waals surface area contributed by atoms with Gasteiger partial charge < -0.3 is 14.7 Å². The van der Waals surface area contributed by atoms with Crippen molar-refractivity contribution in [1.29, 1.82) is 0 Å². The number of likely N-dealkylation sites (N-methyl/N-ethyl adjacent to an activating group) is 1. The number of aliphatic hydroxyl groups excluding tert-OH is 1. The van der Waals surface area contributed by atoms with E-state index < -0.39 is 6.10 Å². The molecule has 2 atom stereocenters. The van der Waals surface area contributed by atoms with Crippen molar-refractivity contribution >= 4 is 0 Å². The molecule has 0 aromatic heterocycles.